The van der Waals surface area contributed by atoms with Crippen molar-refractivity contribution in [1.29, 1.82) is 0 Å². The van der Waals surface area contributed by atoms with Gasteiger partial charge in [0, 0.05) is 46.6 Å². The second kappa shape index (κ2) is 13.0. The molecule has 0 bridgehead atoms. The number of hydrogen-bond donors (Lipinski definition) is 2. The molecule has 8 nitrogen and oxygen atoms in total. The van der Waals surface area contributed by atoms with Gasteiger partial charge in [0.15, 0.2) is 0 Å². The van der Waals surface area contributed by atoms with Crippen molar-refractivity contribution in [2.24, 2.45) is 17.8 Å². The number of likely N-dealkylation sites (tertiary alicyclic amines) is 1. The molecule has 1 saturated carbocycles. The largest absolute Gasteiger partial charge is 0.481 e. The molecular weight excluding hydrogens is 579 g/mol. The van der Waals surface area contributed by atoms with Gasteiger partial charge in [-0.15, -0.1) is 11.6 Å². The highest BCUT2D eigenvalue weighted by atomic mass is 35.5. The Labute approximate surface area is 257 Å². The highest BCUT2D eigenvalue weighted by Crippen LogP contribution is 2.48. The Balaban J connectivity index is 1.13. The number of carboxylic acids is 1. The van der Waals surface area contributed by atoms with Crippen LogP contribution in [0.4, 0.5) is 4.39 Å². The molecule has 1 aromatic rings. The average Bonchev–Trinajstić information content (AvgIpc) is 3.39. The normalized spacial score (nSPS) is 39.0. The molecule has 4 heterocycles. The lowest BCUT2D eigenvalue weighted by molar-refractivity contribution is -0.142. The van der Waals surface area contributed by atoms with Crippen molar-refractivity contribution in [3.8, 4) is 0 Å². The summed E-state index contributed by atoms with van der Waals surface area (Å²) >= 11 is 8.52. The van der Waals surface area contributed by atoms with E-state index in [0.717, 1.165) is 68.6 Å². The molecule has 2 N–H and O–H groups in total. The van der Waals surface area contributed by atoms with Gasteiger partial charge in [0.1, 0.15) is 12.0 Å². The van der Waals surface area contributed by atoms with Crippen LogP contribution in [0.25, 0.3) is 0 Å². The molecule has 10 atom stereocenters. The van der Waals surface area contributed by atoms with E-state index in [-0.39, 0.29) is 52.3 Å². The maximum Gasteiger partial charge on any atom is 0.308 e. The Hall–Kier alpha value is -1.20. The molecule has 1 aromatic heterocycles. The maximum atomic E-state index is 14.1. The smallest absolute Gasteiger partial charge is 0.308 e. The number of ether oxygens (including phenoxy) is 1. The van der Waals surface area contributed by atoms with Crippen LogP contribution in [0, 0.1) is 24.7 Å². The molecule has 234 valence electrons. The van der Waals surface area contributed by atoms with Crippen LogP contribution in [-0.4, -0.2) is 92.0 Å². The Morgan fingerprint density at radius 1 is 1.24 bits per heavy atom. The van der Waals surface area contributed by atoms with Crippen molar-refractivity contribution in [3.63, 3.8) is 0 Å². The highest BCUT2D eigenvalue weighted by Gasteiger charge is 2.51. The quantitative estimate of drug-likeness (QED) is 0.442. The third kappa shape index (κ3) is 6.30. The molecule has 3 aliphatic heterocycles. The number of fused-ring (bicyclic) bond motifs is 2. The number of carboxylic acid groups (broad SMARTS) is 1. The van der Waals surface area contributed by atoms with E-state index in [9.17, 15) is 19.1 Å². The van der Waals surface area contributed by atoms with Gasteiger partial charge < -0.3 is 15.2 Å². The summed E-state index contributed by atoms with van der Waals surface area (Å²) in [6, 6.07) is 0.431. The van der Waals surface area contributed by atoms with Crippen LogP contribution < -0.4 is 10.9 Å². The number of aliphatic carboxylic acids is 1. The highest BCUT2D eigenvalue weighted by molar-refractivity contribution is 8.00. The molecule has 2 aliphatic carbocycles. The van der Waals surface area contributed by atoms with Crippen LogP contribution in [0.15, 0.2) is 4.79 Å². The first-order valence-electron chi connectivity index (χ1n) is 16.0. The minimum Gasteiger partial charge on any atom is -0.481 e. The topological polar surface area (TPSA) is 96.7 Å². The van der Waals surface area contributed by atoms with Crippen LogP contribution in [-0.2, 0) is 28.9 Å². The second-order valence-corrected chi connectivity index (χ2v) is 15.2. The van der Waals surface area contributed by atoms with Gasteiger partial charge in [0.05, 0.1) is 30.9 Å². The first-order valence-corrected chi connectivity index (χ1v) is 17.5. The lowest BCUT2D eigenvalue weighted by Crippen LogP contribution is -2.57. The van der Waals surface area contributed by atoms with E-state index in [0.29, 0.717) is 44.2 Å². The minimum absolute atomic E-state index is 0.0232. The molecule has 11 heteroatoms. The second-order valence-electron chi connectivity index (χ2n) is 13.4. The number of aryl methyl sites for hydroxylation is 2. The zero-order chi connectivity index (χ0) is 29.5. The number of piperidine rings is 2. The zero-order valence-corrected chi connectivity index (χ0v) is 26.4. The lowest BCUT2D eigenvalue weighted by atomic mass is 9.70. The lowest BCUT2D eigenvalue weighted by Gasteiger charge is -2.47. The molecule has 0 radical (unpaired) electrons. The Morgan fingerprint density at radius 2 is 2.07 bits per heavy atom. The van der Waals surface area contributed by atoms with Gasteiger partial charge in [0.2, 0.25) is 0 Å². The Kier molecular flexibility index (Phi) is 9.56. The summed E-state index contributed by atoms with van der Waals surface area (Å²) in [7, 11) is 0. The Bertz CT molecular complexity index is 1200. The summed E-state index contributed by atoms with van der Waals surface area (Å²) in [6.07, 6.45) is 6.76. The third-order valence-corrected chi connectivity index (χ3v) is 12.6. The summed E-state index contributed by atoms with van der Waals surface area (Å²) in [5.41, 5.74) is 1.72. The van der Waals surface area contributed by atoms with E-state index >= 15 is 0 Å². The van der Waals surface area contributed by atoms with Crippen molar-refractivity contribution in [3.05, 3.63) is 27.4 Å². The molecule has 42 heavy (non-hydrogen) atoms. The standard InChI is InChI=1S/C31H46ClFN4O4S/c1-17-12-23(29-28(34-17)25(16-42-29)31(39)40)22-13-19(32)5-8-27(22)41-11-10-37-18(2)35-26-7-6-21(14-24(26)30(37)38)36-9-3-4-20(33)15-36/h17,19-23,25,27-29,34H,3-16H2,1-2H3,(H,39,40)/t17?,19?,20-,21-,22?,23?,25?,27?,28?,29?/m0/s1. The van der Waals surface area contributed by atoms with Gasteiger partial charge in [-0.3, -0.25) is 19.1 Å². The van der Waals surface area contributed by atoms with E-state index in [1.165, 1.54) is 0 Å². The molecule has 0 aromatic carbocycles. The SMILES string of the molecule is Cc1nc2c(c(=O)n1CCOC1CCC(Cl)CC1C1CC(C)NC3C(C(=O)O)CSC13)C[C@@H](N1CCC[C@H](F)C1)CC2. The van der Waals surface area contributed by atoms with Crippen molar-refractivity contribution in [2.75, 3.05) is 25.4 Å². The first kappa shape index (κ1) is 30.8. The number of halogens is 2. The molecule has 3 saturated heterocycles. The van der Waals surface area contributed by atoms with Crippen molar-refractivity contribution >= 4 is 29.3 Å². The number of nitrogens with one attached hydrogen (secondary N) is 1. The minimum atomic E-state index is -0.771. The van der Waals surface area contributed by atoms with Gasteiger partial charge in [-0.25, -0.2) is 9.37 Å². The van der Waals surface area contributed by atoms with Crippen LogP contribution in [0.3, 0.4) is 0 Å². The molecule has 4 fully saturated rings. The summed E-state index contributed by atoms with van der Waals surface area (Å²) in [6.45, 7) is 6.31. The number of hydrogen-bond acceptors (Lipinski definition) is 7. The number of nitrogens with zero attached hydrogens (tertiary/aromatic N) is 3. The summed E-state index contributed by atoms with van der Waals surface area (Å²) in [5.74, 6) is 0.902. The van der Waals surface area contributed by atoms with E-state index in [4.69, 9.17) is 21.3 Å². The van der Waals surface area contributed by atoms with Crippen LogP contribution in [0.2, 0.25) is 0 Å². The van der Waals surface area contributed by atoms with Crippen molar-refractivity contribution in [1.82, 2.24) is 19.8 Å². The van der Waals surface area contributed by atoms with E-state index in [1.807, 2.05) is 6.92 Å². The molecule has 0 spiro atoms. The third-order valence-electron chi connectivity index (χ3n) is 10.7. The van der Waals surface area contributed by atoms with Crippen molar-refractivity contribution < 1.29 is 19.0 Å². The number of aromatic nitrogens is 2. The van der Waals surface area contributed by atoms with E-state index < -0.39 is 12.1 Å². The number of rotatable bonds is 7. The Morgan fingerprint density at radius 3 is 2.86 bits per heavy atom. The van der Waals surface area contributed by atoms with Gasteiger partial charge in [0.25, 0.3) is 5.56 Å². The zero-order valence-electron chi connectivity index (χ0n) is 24.9. The molecule has 8 unspecified atom stereocenters. The van der Waals surface area contributed by atoms with E-state index in [1.54, 1.807) is 16.3 Å². The predicted octanol–water partition coefficient (Wildman–Crippen LogP) is 3.82. The van der Waals surface area contributed by atoms with Gasteiger partial charge in [-0.05, 0) is 90.0 Å². The fourth-order valence-corrected chi connectivity index (χ4v) is 10.7. The summed E-state index contributed by atoms with van der Waals surface area (Å²) in [4.78, 5) is 32.7. The average molecular weight is 625 g/mol. The van der Waals surface area contributed by atoms with Gasteiger partial charge >= 0.3 is 5.97 Å². The predicted molar refractivity (Wildman–Crippen MR) is 163 cm³/mol. The van der Waals surface area contributed by atoms with Gasteiger partial charge in [-0.1, -0.05) is 0 Å². The summed E-state index contributed by atoms with van der Waals surface area (Å²) in [5, 5.41) is 13.8. The van der Waals surface area contributed by atoms with Gasteiger partial charge in [-0.2, -0.15) is 11.8 Å². The number of thioether (sulfide) groups is 1. The molecule has 0 amide bonds. The molecular formula is C31H46ClFN4O4S. The maximum absolute atomic E-state index is 14.1. The first-order chi connectivity index (χ1) is 20.2. The summed E-state index contributed by atoms with van der Waals surface area (Å²) < 4.78 is 22.5. The fraction of sp³-hybridized carbons (Fsp3) is 0.839. The number of carbonyl (C=O) groups is 1. The molecule has 6 rings (SSSR count). The fourth-order valence-electron chi connectivity index (χ4n) is 8.58. The monoisotopic (exact) mass is 624 g/mol. The van der Waals surface area contributed by atoms with Crippen molar-refractivity contribution in [2.45, 2.75) is 119 Å². The molecule has 5 aliphatic rings. The van der Waals surface area contributed by atoms with Crippen LogP contribution in [0.1, 0.15) is 69.0 Å². The van der Waals surface area contributed by atoms with Crippen LogP contribution >= 0.6 is 23.4 Å². The van der Waals surface area contributed by atoms with Crippen LogP contribution in [0.5, 0.6) is 0 Å². The van der Waals surface area contributed by atoms with E-state index in [2.05, 4.69) is 17.1 Å². The number of alkyl halides is 2.